The summed E-state index contributed by atoms with van der Waals surface area (Å²) in [5, 5.41) is 12.8. The van der Waals surface area contributed by atoms with Crippen molar-refractivity contribution >= 4 is 8.32 Å². The molecule has 1 N–H and O–H groups in total. The molecule has 38 heavy (non-hydrogen) atoms. The largest absolute Gasteiger partial charge is 0.543 e. The summed E-state index contributed by atoms with van der Waals surface area (Å²) in [4.78, 5) is 0. The molecule has 0 saturated carbocycles. The SMILES string of the molecule is COc1ccc(C2(O)c3ccc(O[Si](C)(C)C(C)(C)C)c(C)c3OCC2c2ccc(OC)c(OC)c2)cc1. The van der Waals surface area contributed by atoms with Crippen LogP contribution < -0.4 is 23.4 Å². The molecule has 1 heterocycles. The highest BCUT2D eigenvalue weighted by molar-refractivity contribution is 6.74. The molecule has 0 aromatic heterocycles. The van der Waals surface area contributed by atoms with Gasteiger partial charge in [-0.1, -0.05) is 39.0 Å². The lowest BCUT2D eigenvalue weighted by Crippen LogP contribution is -2.44. The van der Waals surface area contributed by atoms with E-state index in [2.05, 4.69) is 33.9 Å². The van der Waals surface area contributed by atoms with E-state index in [-0.39, 0.29) is 11.6 Å². The maximum atomic E-state index is 12.7. The molecule has 4 rings (SSSR count). The Hall–Kier alpha value is -3.16. The van der Waals surface area contributed by atoms with Crippen molar-refractivity contribution in [2.24, 2.45) is 0 Å². The van der Waals surface area contributed by atoms with E-state index >= 15 is 0 Å². The second kappa shape index (κ2) is 10.2. The van der Waals surface area contributed by atoms with Crippen LogP contribution in [0.5, 0.6) is 28.7 Å². The number of methoxy groups -OCH3 is 3. The number of benzene rings is 3. The molecule has 0 saturated heterocycles. The van der Waals surface area contributed by atoms with Crippen molar-refractivity contribution in [2.45, 2.75) is 57.3 Å². The standard InChI is InChI=1S/C31H40O6Si/c1-20-26(37-38(8,9)30(2,3)4)17-15-24-29(20)36-19-25(21-10-16-27(34-6)28(18-21)35-7)31(24,32)22-11-13-23(33-5)14-12-22/h10-18,25,32H,19H2,1-9H3. The smallest absolute Gasteiger partial charge is 0.250 e. The average molecular weight is 537 g/mol. The number of ether oxygens (including phenoxy) is 4. The Kier molecular flexibility index (Phi) is 7.47. The average Bonchev–Trinajstić information content (AvgIpc) is 2.89. The van der Waals surface area contributed by atoms with Crippen molar-refractivity contribution in [3.63, 3.8) is 0 Å². The number of aliphatic hydroxyl groups is 1. The van der Waals surface area contributed by atoms with Crippen molar-refractivity contribution in [1.29, 1.82) is 0 Å². The Morgan fingerprint density at radius 1 is 0.868 bits per heavy atom. The second-order valence-corrected chi connectivity index (χ2v) is 16.1. The van der Waals surface area contributed by atoms with Crippen molar-refractivity contribution in [1.82, 2.24) is 0 Å². The van der Waals surface area contributed by atoms with Gasteiger partial charge in [-0.3, -0.25) is 0 Å². The van der Waals surface area contributed by atoms with Crippen molar-refractivity contribution < 1.29 is 28.5 Å². The summed E-state index contributed by atoms with van der Waals surface area (Å²) in [6.45, 7) is 13.4. The van der Waals surface area contributed by atoms with Crippen LogP contribution in [-0.2, 0) is 5.60 Å². The van der Waals surface area contributed by atoms with Gasteiger partial charge in [-0.2, -0.15) is 0 Å². The quantitative estimate of drug-likeness (QED) is 0.334. The molecule has 2 atom stereocenters. The third-order valence-electron chi connectivity index (χ3n) is 8.18. The van der Waals surface area contributed by atoms with Gasteiger partial charge in [0.05, 0.1) is 33.9 Å². The zero-order chi connectivity index (χ0) is 27.9. The fraction of sp³-hybridized carbons (Fsp3) is 0.419. The molecular formula is C31H40O6Si. The van der Waals surface area contributed by atoms with Crippen LogP contribution >= 0.6 is 0 Å². The zero-order valence-electron chi connectivity index (χ0n) is 24.0. The molecule has 3 aromatic rings. The van der Waals surface area contributed by atoms with Crippen molar-refractivity contribution in [2.75, 3.05) is 27.9 Å². The van der Waals surface area contributed by atoms with Gasteiger partial charge in [0.2, 0.25) is 8.32 Å². The van der Waals surface area contributed by atoms with E-state index in [0.717, 1.165) is 28.2 Å². The number of fused-ring (bicyclic) bond motifs is 1. The Morgan fingerprint density at radius 2 is 1.50 bits per heavy atom. The van der Waals surface area contributed by atoms with Crippen LogP contribution in [0.2, 0.25) is 18.1 Å². The van der Waals surface area contributed by atoms with Gasteiger partial charge in [0.25, 0.3) is 0 Å². The highest BCUT2D eigenvalue weighted by atomic mass is 28.4. The minimum Gasteiger partial charge on any atom is -0.543 e. The Labute approximate surface area is 227 Å². The first-order valence-electron chi connectivity index (χ1n) is 12.9. The molecule has 0 bridgehead atoms. The molecule has 0 radical (unpaired) electrons. The first-order valence-corrected chi connectivity index (χ1v) is 15.8. The van der Waals surface area contributed by atoms with Crippen molar-refractivity contribution in [3.8, 4) is 28.7 Å². The van der Waals surface area contributed by atoms with Gasteiger partial charge < -0.3 is 28.5 Å². The molecule has 7 heteroatoms. The summed E-state index contributed by atoms with van der Waals surface area (Å²) in [7, 11) is 2.77. The Balaban J connectivity index is 1.88. The first-order chi connectivity index (χ1) is 17.9. The lowest BCUT2D eigenvalue weighted by Gasteiger charge is -2.43. The molecule has 1 aliphatic rings. The lowest BCUT2D eigenvalue weighted by molar-refractivity contribution is 0.0102. The molecule has 6 nitrogen and oxygen atoms in total. The second-order valence-electron chi connectivity index (χ2n) is 11.4. The van der Waals surface area contributed by atoms with E-state index < -0.39 is 19.8 Å². The fourth-order valence-electron chi connectivity index (χ4n) is 4.78. The predicted octanol–water partition coefficient (Wildman–Crippen LogP) is 6.82. The van der Waals surface area contributed by atoms with Crippen LogP contribution in [0.4, 0.5) is 0 Å². The number of rotatable bonds is 7. The van der Waals surface area contributed by atoms with Gasteiger partial charge in [-0.05, 0) is 72.6 Å². The van der Waals surface area contributed by atoms with Gasteiger partial charge in [-0.25, -0.2) is 0 Å². The van der Waals surface area contributed by atoms with Crippen LogP contribution in [0.15, 0.2) is 54.6 Å². The summed E-state index contributed by atoms with van der Waals surface area (Å²) in [5.41, 5.74) is 1.85. The summed E-state index contributed by atoms with van der Waals surface area (Å²) < 4.78 is 29.5. The van der Waals surface area contributed by atoms with Crippen LogP contribution in [-0.4, -0.2) is 41.4 Å². The van der Waals surface area contributed by atoms with Gasteiger partial charge in [0.15, 0.2) is 11.5 Å². The Morgan fingerprint density at radius 3 is 2.08 bits per heavy atom. The van der Waals surface area contributed by atoms with E-state index in [1.54, 1.807) is 21.3 Å². The number of hydrogen-bond donors (Lipinski definition) is 1. The molecule has 1 aliphatic heterocycles. The molecule has 0 spiro atoms. The van der Waals surface area contributed by atoms with E-state index in [4.69, 9.17) is 23.4 Å². The summed E-state index contributed by atoms with van der Waals surface area (Å²) >= 11 is 0. The minimum atomic E-state index is -2.08. The molecule has 0 amide bonds. The van der Waals surface area contributed by atoms with E-state index in [1.165, 1.54) is 0 Å². The predicted molar refractivity (Wildman–Crippen MR) is 153 cm³/mol. The van der Waals surface area contributed by atoms with Crippen molar-refractivity contribution in [3.05, 3.63) is 76.9 Å². The third kappa shape index (κ3) is 4.74. The van der Waals surface area contributed by atoms with Crippen LogP contribution in [0.25, 0.3) is 0 Å². The molecular weight excluding hydrogens is 496 g/mol. The Bertz CT molecular complexity index is 1290. The topological polar surface area (TPSA) is 66.4 Å². The zero-order valence-corrected chi connectivity index (χ0v) is 25.0. The van der Waals surface area contributed by atoms with Gasteiger partial charge >= 0.3 is 0 Å². The van der Waals surface area contributed by atoms with Gasteiger partial charge in [-0.15, -0.1) is 0 Å². The summed E-state index contributed by atoms with van der Waals surface area (Å²) in [6.07, 6.45) is 0. The van der Waals surface area contributed by atoms with Crippen LogP contribution in [0.1, 0.15) is 48.9 Å². The summed E-state index contributed by atoms with van der Waals surface area (Å²) in [5.74, 6) is 3.01. The van der Waals surface area contributed by atoms with Crippen LogP contribution in [0.3, 0.4) is 0 Å². The maximum absolute atomic E-state index is 12.7. The third-order valence-corrected chi connectivity index (χ3v) is 12.5. The normalized spacial score (nSPS) is 19.3. The van der Waals surface area contributed by atoms with Gasteiger partial charge in [0.1, 0.15) is 22.8 Å². The van der Waals surface area contributed by atoms with E-state index in [0.29, 0.717) is 22.8 Å². The highest BCUT2D eigenvalue weighted by Crippen LogP contribution is 2.53. The van der Waals surface area contributed by atoms with Crippen LogP contribution in [0, 0.1) is 6.92 Å². The lowest BCUT2D eigenvalue weighted by atomic mass is 9.71. The fourth-order valence-corrected chi connectivity index (χ4v) is 5.86. The van der Waals surface area contributed by atoms with E-state index in [1.807, 2.05) is 61.5 Å². The number of hydrogen-bond acceptors (Lipinski definition) is 6. The molecule has 0 aliphatic carbocycles. The minimum absolute atomic E-state index is 0.0541. The van der Waals surface area contributed by atoms with E-state index in [9.17, 15) is 5.11 Å². The highest BCUT2D eigenvalue weighted by Gasteiger charge is 2.48. The first kappa shape index (κ1) is 27.9. The van der Waals surface area contributed by atoms with Gasteiger partial charge in [0, 0.05) is 11.1 Å². The maximum Gasteiger partial charge on any atom is 0.250 e. The molecule has 0 fully saturated rings. The molecule has 204 valence electrons. The monoisotopic (exact) mass is 536 g/mol. The molecule has 2 unspecified atom stereocenters. The summed E-state index contributed by atoms with van der Waals surface area (Å²) in [6, 6.07) is 17.2. The molecule has 3 aromatic carbocycles.